The fourth-order valence-electron chi connectivity index (χ4n) is 8.43. The first-order valence-corrected chi connectivity index (χ1v) is 15.2. The van der Waals surface area contributed by atoms with E-state index in [-0.39, 0.29) is 5.41 Å². The third-order valence-electron chi connectivity index (χ3n) is 10.2. The number of nitrogens with one attached hydrogen (secondary N) is 3. The lowest BCUT2D eigenvalue weighted by Crippen LogP contribution is -2.60. The van der Waals surface area contributed by atoms with Crippen molar-refractivity contribution in [2.45, 2.75) is 70.4 Å². The van der Waals surface area contributed by atoms with Crippen LogP contribution < -0.4 is 16.0 Å². The van der Waals surface area contributed by atoms with Crippen molar-refractivity contribution < 1.29 is 5.11 Å². The number of nitrogens with zero attached hydrogens (tertiary/aromatic N) is 3. The quantitative estimate of drug-likeness (QED) is 0.306. The van der Waals surface area contributed by atoms with Gasteiger partial charge in [0.1, 0.15) is 17.5 Å². The van der Waals surface area contributed by atoms with Gasteiger partial charge in [0.15, 0.2) is 0 Å². The Morgan fingerprint density at radius 1 is 1.03 bits per heavy atom. The van der Waals surface area contributed by atoms with Gasteiger partial charge in [-0.3, -0.25) is 0 Å². The molecule has 4 N–H and O–H groups in total. The van der Waals surface area contributed by atoms with Crippen LogP contribution in [-0.2, 0) is 6.54 Å². The molecule has 4 bridgehead atoms. The number of aromatic nitrogens is 2. The number of benzene rings is 1. The van der Waals surface area contributed by atoms with Gasteiger partial charge in [0.05, 0.1) is 6.20 Å². The van der Waals surface area contributed by atoms with Crippen molar-refractivity contribution in [2.24, 2.45) is 35.0 Å². The molecule has 3 unspecified atom stereocenters. The molecule has 0 spiro atoms. The van der Waals surface area contributed by atoms with Gasteiger partial charge >= 0.3 is 0 Å². The predicted octanol–water partition coefficient (Wildman–Crippen LogP) is 5.61. The van der Waals surface area contributed by atoms with Crippen molar-refractivity contribution in [1.29, 1.82) is 5.26 Å². The summed E-state index contributed by atoms with van der Waals surface area (Å²) in [7, 11) is 0. The van der Waals surface area contributed by atoms with E-state index in [1.807, 2.05) is 24.3 Å². The first kappa shape index (κ1) is 26.8. The van der Waals surface area contributed by atoms with Crippen molar-refractivity contribution in [3.8, 4) is 6.07 Å². The van der Waals surface area contributed by atoms with Crippen LogP contribution in [0.5, 0.6) is 0 Å². The van der Waals surface area contributed by atoms with Crippen LogP contribution in [0.1, 0.15) is 68.9 Å². The SMILES string of the molecule is N#Cc1cnc(NCc2ccccc2Cl)nc1NCC12CC3C[C@H](C1)C(NCC1CCC(CO)CC1)[C@@H](C3)C2. The fraction of sp³-hybridized carbons (Fsp3) is 0.645. The highest BCUT2D eigenvalue weighted by Gasteiger charge is 2.55. The maximum atomic E-state index is 9.72. The minimum atomic E-state index is 0.288. The van der Waals surface area contributed by atoms with Gasteiger partial charge in [0, 0.05) is 30.8 Å². The third-order valence-corrected chi connectivity index (χ3v) is 10.6. The molecule has 0 radical (unpaired) electrons. The molecule has 0 amide bonds. The Balaban J connectivity index is 1.07. The number of aliphatic hydroxyl groups is 1. The van der Waals surface area contributed by atoms with Crippen LogP contribution in [0.3, 0.4) is 0 Å². The summed E-state index contributed by atoms with van der Waals surface area (Å²) in [5.41, 5.74) is 1.76. The van der Waals surface area contributed by atoms with Gasteiger partial charge in [-0.05, 0) is 111 Å². The summed E-state index contributed by atoms with van der Waals surface area (Å²) < 4.78 is 0. The first-order chi connectivity index (χ1) is 19.0. The van der Waals surface area contributed by atoms with Crippen molar-refractivity contribution >= 4 is 23.4 Å². The molecule has 5 atom stereocenters. The van der Waals surface area contributed by atoms with E-state index < -0.39 is 0 Å². The van der Waals surface area contributed by atoms with Crippen LogP contribution >= 0.6 is 11.6 Å². The topological polar surface area (TPSA) is 106 Å². The van der Waals surface area contributed by atoms with Gasteiger partial charge in [-0.25, -0.2) is 4.98 Å². The maximum Gasteiger partial charge on any atom is 0.224 e. The zero-order valence-electron chi connectivity index (χ0n) is 22.7. The van der Waals surface area contributed by atoms with Gasteiger partial charge < -0.3 is 21.1 Å². The monoisotopic (exact) mass is 548 g/mol. The largest absolute Gasteiger partial charge is 0.396 e. The van der Waals surface area contributed by atoms with E-state index in [9.17, 15) is 10.4 Å². The number of nitriles is 1. The van der Waals surface area contributed by atoms with E-state index >= 15 is 0 Å². The number of hydrogen-bond acceptors (Lipinski definition) is 7. The summed E-state index contributed by atoms with van der Waals surface area (Å²) in [5, 5.41) is 30.8. The van der Waals surface area contributed by atoms with E-state index in [0.717, 1.165) is 42.3 Å². The predicted molar refractivity (Wildman–Crippen MR) is 154 cm³/mol. The molecule has 1 aromatic carbocycles. The Hall–Kier alpha value is -2.40. The van der Waals surface area contributed by atoms with E-state index in [1.165, 1.54) is 57.8 Å². The van der Waals surface area contributed by atoms with Crippen LogP contribution in [0.25, 0.3) is 0 Å². The molecule has 208 valence electrons. The molecule has 1 aromatic heterocycles. The Labute approximate surface area is 237 Å². The molecular weight excluding hydrogens is 508 g/mol. The molecule has 7 rings (SSSR count). The number of aliphatic hydroxyl groups excluding tert-OH is 1. The zero-order chi connectivity index (χ0) is 26.8. The molecule has 5 fully saturated rings. The van der Waals surface area contributed by atoms with Crippen molar-refractivity contribution in [3.63, 3.8) is 0 Å². The molecule has 0 aliphatic heterocycles. The van der Waals surface area contributed by atoms with Crippen LogP contribution in [0.15, 0.2) is 30.5 Å². The lowest BCUT2D eigenvalue weighted by atomic mass is 9.48. The lowest BCUT2D eigenvalue weighted by molar-refractivity contribution is -0.0703. The molecule has 0 saturated heterocycles. The molecule has 5 saturated carbocycles. The van der Waals surface area contributed by atoms with Gasteiger partial charge in [-0.1, -0.05) is 29.8 Å². The standard InChI is InChI=1S/C31H41ClN6O/c32-27-4-2-1-3-23(27)16-35-30-36-17-26(14-33)29(38-30)37-19-31-11-22-9-24(12-31)28(25(10-22)13-31)34-15-20-5-7-21(18-39)8-6-20/h1-4,17,20-22,24-25,28,34,39H,5-13,15-16,18-19H2,(H2,35,36,37,38)/t20?,21?,22?,24-,25+,28?,31?. The number of hydrogen-bond donors (Lipinski definition) is 4. The minimum Gasteiger partial charge on any atom is -0.396 e. The van der Waals surface area contributed by atoms with E-state index in [0.29, 0.717) is 47.5 Å². The highest BCUT2D eigenvalue weighted by molar-refractivity contribution is 6.31. The molecule has 2 aromatic rings. The Morgan fingerprint density at radius 3 is 2.49 bits per heavy atom. The van der Waals surface area contributed by atoms with Gasteiger partial charge in [0.25, 0.3) is 0 Å². The van der Waals surface area contributed by atoms with Gasteiger partial charge in [-0.2, -0.15) is 10.2 Å². The van der Waals surface area contributed by atoms with Crippen LogP contribution in [0.2, 0.25) is 5.02 Å². The van der Waals surface area contributed by atoms with E-state index in [1.54, 1.807) is 6.20 Å². The fourth-order valence-corrected chi connectivity index (χ4v) is 8.64. The Bertz CT molecular complexity index is 1180. The Morgan fingerprint density at radius 2 is 1.77 bits per heavy atom. The Kier molecular flexibility index (Phi) is 7.98. The lowest BCUT2D eigenvalue weighted by Gasteiger charge is -2.60. The average Bonchev–Trinajstić information content (AvgIpc) is 2.95. The summed E-state index contributed by atoms with van der Waals surface area (Å²) >= 11 is 6.30. The highest BCUT2D eigenvalue weighted by atomic mass is 35.5. The summed E-state index contributed by atoms with van der Waals surface area (Å²) in [4.78, 5) is 9.04. The van der Waals surface area contributed by atoms with E-state index in [2.05, 4.69) is 32.0 Å². The summed E-state index contributed by atoms with van der Waals surface area (Å²) in [5.74, 6) is 4.75. The molecule has 5 aliphatic rings. The second kappa shape index (κ2) is 11.6. The third kappa shape index (κ3) is 5.89. The number of anilines is 2. The second-order valence-electron chi connectivity index (χ2n) is 12.8. The van der Waals surface area contributed by atoms with Gasteiger partial charge in [-0.15, -0.1) is 0 Å². The maximum absolute atomic E-state index is 9.72. The smallest absolute Gasteiger partial charge is 0.224 e. The van der Waals surface area contributed by atoms with E-state index in [4.69, 9.17) is 11.6 Å². The van der Waals surface area contributed by atoms with Crippen LogP contribution in [0, 0.1) is 46.3 Å². The molecule has 39 heavy (non-hydrogen) atoms. The molecule has 7 nitrogen and oxygen atoms in total. The summed E-state index contributed by atoms with van der Waals surface area (Å²) in [6, 6.07) is 10.7. The highest BCUT2D eigenvalue weighted by Crippen LogP contribution is 2.60. The molecule has 8 heteroatoms. The van der Waals surface area contributed by atoms with Crippen LogP contribution in [-0.4, -0.2) is 40.8 Å². The minimum absolute atomic E-state index is 0.288. The average molecular weight is 549 g/mol. The van der Waals surface area contributed by atoms with Crippen molar-refractivity contribution in [2.75, 3.05) is 30.3 Å². The first-order valence-electron chi connectivity index (χ1n) is 14.9. The van der Waals surface area contributed by atoms with Crippen molar-refractivity contribution in [1.82, 2.24) is 15.3 Å². The molecule has 1 heterocycles. The second-order valence-corrected chi connectivity index (χ2v) is 13.2. The summed E-state index contributed by atoms with van der Waals surface area (Å²) in [6.07, 6.45) is 13.0. The van der Waals surface area contributed by atoms with Gasteiger partial charge in [0.2, 0.25) is 5.95 Å². The number of rotatable bonds is 10. The molecular formula is C31H41ClN6O. The number of halogens is 1. The van der Waals surface area contributed by atoms with Crippen molar-refractivity contribution in [3.05, 3.63) is 46.6 Å². The van der Waals surface area contributed by atoms with Crippen LogP contribution in [0.4, 0.5) is 11.8 Å². The zero-order valence-corrected chi connectivity index (χ0v) is 23.5. The molecule has 5 aliphatic carbocycles. The summed E-state index contributed by atoms with van der Waals surface area (Å²) in [6.45, 7) is 2.89. The normalized spacial score (nSPS) is 33.1.